The third kappa shape index (κ3) is 8.68. The molecular formula is C12H23NO4. The van der Waals surface area contributed by atoms with Gasteiger partial charge in [-0.3, -0.25) is 9.59 Å². The normalized spacial score (nSPS) is 10.2. The molecule has 0 aromatic carbocycles. The van der Waals surface area contributed by atoms with Crippen molar-refractivity contribution < 1.29 is 19.4 Å². The SMILES string of the molecule is CCCCC(=O)N(CCCOC)CCC(=O)O. The van der Waals surface area contributed by atoms with Gasteiger partial charge in [0.1, 0.15) is 0 Å². The van der Waals surface area contributed by atoms with E-state index in [2.05, 4.69) is 0 Å². The van der Waals surface area contributed by atoms with Crippen LogP contribution in [0.15, 0.2) is 0 Å². The van der Waals surface area contributed by atoms with Gasteiger partial charge >= 0.3 is 5.97 Å². The Labute approximate surface area is 103 Å². The van der Waals surface area contributed by atoms with Crippen molar-refractivity contribution in [2.75, 3.05) is 26.8 Å². The Morgan fingerprint density at radius 2 is 1.88 bits per heavy atom. The summed E-state index contributed by atoms with van der Waals surface area (Å²) in [6, 6.07) is 0. The van der Waals surface area contributed by atoms with Gasteiger partial charge in [-0.1, -0.05) is 13.3 Å². The Kier molecular flexibility index (Phi) is 9.43. The van der Waals surface area contributed by atoms with Crippen molar-refractivity contribution in [1.82, 2.24) is 4.90 Å². The van der Waals surface area contributed by atoms with Crippen LogP contribution in [-0.2, 0) is 14.3 Å². The van der Waals surface area contributed by atoms with Gasteiger partial charge in [-0.2, -0.15) is 0 Å². The van der Waals surface area contributed by atoms with E-state index in [1.807, 2.05) is 6.92 Å². The summed E-state index contributed by atoms with van der Waals surface area (Å²) in [7, 11) is 1.61. The van der Waals surface area contributed by atoms with E-state index in [0.717, 1.165) is 19.3 Å². The third-order valence-electron chi connectivity index (χ3n) is 2.47. The lowest BCUT2D eigenvalue weighted by Gasteiger charge is -2.21. The highest BCUT2D eigenvalue weighted by molar-refractivity contribution is 5.77. The van der Waals surface area contributed by atoms with E-state index in [0.29, 0.717) is 26.1 Å². The Morgan fingerprint density at radius 3 is 2.41 bits per heavy atom. The zero-order chi connectivity index (χ0) is 13.1. The molecule has 0 fully saturated rings. The predicted octanol–water partition coefficient (Wildman–Crippen LogP) is 1.52. The maximum Gasteiger partial charge on any atom is 0.305 e. The Bertz CT molecular complexity index is 231. The number of unbranched alkanes of at least 4 members (excludes halogenated alkanes) is 1. The number of rotatable bonds is 10. The molecule has 0 saturated carbocycles. The van der Waals surface area contributed by atoms with E-state index in [9.17, 15) is 9.59 Å². The summed E-state index contributed by atoms with van der Waals surface area (Å²) in [6.45, 7) is 3.48. The van der Waals surface area contributed by atoms with Crippen LogP contribution in [0.3, 0.4) is 0 Å². The first-order chi connectivity index (χ1) is 8.11. The van der Waals surface area contributed by atoms with E-state index < -0.39 is 5.97 Å². The summed E-state index contributed by atoms with van der Waals surface area (Å²) in [5.74, 6) is -0.825. The number of hydrogen-bond donors (Lipinski definition) is 1. The summed E-state index contributed by atoms with van der Waals surface area (Å²) >= 11 is 0. The molecule has 0 aromatic heterocycles. The summed E-state index contributed by atoms with van der Waals surface area (Å²) in [5.41, 5.74) is 0. The number of nitrogens with zero attached hydrogens (tertiary/aromatic N) is 1. The van der Waals surface area contributed by atoms with Crippen molar-refractivity contribution >= 4 is 11.9 Å². The maximum atomic E-state index is 11.8. The first-order valence-corrected chi connectivity index (χ1v) is 6.10. The number of carbonyl (C=O) groups is 2. The monoisotopic (exact) mass is 245 g/mol. The molecule has 0 atom stereocenters. The molecule has 1 amide bonds. The summed E-state index contributed by atoms with van der Waals surface area (Å²) in [5, 5.41) is 8.63. The van der Waals surface area contributed by atoms with Crippen LogP contribution in [0, 0.1) is 0 Å². The smallest absolute Gasteiger partial charge is 0.305 e. The highest BCUT2D eigenvalue weighted by Crippen LogP contribution is 2.03. The summed E-state index contributed by atoms with van der Waals surface area (Å²) in [6.07, 6.45) is 3.07. The van der Waals surface area contributed by atoms with E-state index in [4.69, 9.17) is 9.84 Å². The third-order valence-corrected chi connectivity index (χ3v) is 2.47. The fourth-order valence-corrected chi connectivity index (χ4v) is 1.48. The van der Waals surface area contributed by atoms with Crippen molar-refractivity contribution in [1.29, 1.82) is 0 Å². The Balaban J connectivity index is 4.07. The van der Waals surface area contributed by atoms with Gasteiger partial charge in [0, 0.05) is 33.2 Å². The van der Waals surface area contributed by atoms with Crippen molar-refractivity contribution in [3.63, 3.8) is 0 Å². The van der Waals surface area contributed by atoms with Gasteiger partial charge in [0.05, 0.1) is 6.42 Å². The first-order valence-electron chi connectivity index (χ1n) is 6.10. The lowest BCUT2D eigenvalue weighted by atomic mass is 10.2. The number of carbonyl (C=O) groups excluding carboxylic acids is 1. The van der Waals surface area contributed by atoms with E-state index in [-0.39, 0.29) is 12.3 Å². The minimum absolute atomic E-state index is 0.00481. The van der Waals surface area contributed by atoms with Gasteiger partial charge in [0.15, 0.2) is 0 Å². The highest BCUT2D eigenvalue weighted by atomic mass is 16.5. The van der Waals surface area contributed by atoms with Crippen molar-refractivity contribution in [3.8, 4) is 0 Å². The van der Waals surface area contributed by atoms with Crippen molar-refractivity contribution in [2.24, 2.45) is 0 Å². The molecule has 1 N–H and O–H groups in total. The zero-order valence-electron chi connectivity index (χ0n) is 10.8. The van der Waals surface area contributed by atoms with Gasteiger partial charge in [0.2, 0.25) is 5.91 Å². The number of carboxylic acids is 1. The van der Waals surface area contributed by atoms with E-state index in [1.165, 1.54) is 0 Å². The van der Waals surface area contributed by atoms with Gasteiger partial charge < -0.3 is 14.7 Å². The molecular weight excluding hydrogens is 222 g/mol. The van der Waals surface area contributed by atoms with Crippen LogP contribution in [0.5, 0.6) is 0 Å². The standard InChI is InChI=1S/C12H23NO4/c1-3-4-6-11(14)13(8-5-10-17-2)9-7-12(15)16/h3-10H2,1-2H3,(H,15,16). The minimum Gasteiger partial charge on any atom is -0.481 e. The molecule has 100 valence electrons. The number of carboxylic acid groups (broad SMARTS) is 1. The van der Waals surface area contributed by atoms with Crippen LogP contribution >= 0.6 is 0 Å². The maximum absolute atomic E-state index is 11.8. The molecule has 0 spiro atoms. The van der Waals surface area contributed by atoms with Crippen LogP contribution in [0.25, 0.3) is 0 Å². The van der Waals surface area contributed by atoms with Crippen LogP contribution in [0.2, 0.25) is 0 Å². The predicted molar refractivity (Wildman–Crippen MR) is 64.9 cm³/mol. The van der Waals surface area contributed by atoms with Gasteiger partial charge in [-0.05, 0) is 12.8 Å². The zero-order valence-corrected chi connectivity index (χ0v) is 10.8. The minimum atomic E-state index is -0.870. The lowest BCUT2D eigenvalue weighted by molar-refractivity contribution is -0.138. The number of methoxy groups -OCH3 is 1. The quantitative estimate of drug-likeness (QED) is 0.592. The average molecular weight is 245 g/mol. The van der Waals surface area contributed by atoms with Crippen LogP contribution < -0.4 is 0 Å². The van der Waals surface area contributed by atoms with Crippen molar-refractivity contribution in [2.45, 2.75) is 39.0 Å². The Morgan fingerprint density at radius 1 is 1.18 bits per heavy atom. The number of aliphatic carboxylic acids is 1. The second-order valence-electron chi connectivity index (χ2n) is 3.97. The molecule has 0 radical (unpaired) electrons. The fraction of sp³-hybridized carbons (Fsp3) is 0.833. The summed E-state index contributed by atoms with van der Waals surface area (Å²) < 4.78 is 4.92. The second-order valence-corrected chi connectivity index (χ2v) is 3.97. The van der Waals surface area contributed by atoms with Crippen LogP contribution in [0.4, 0.5) is 0 Å². The topological polar surface area (TPSA) is 66.8 Å². The molecule has 0 heterocycles. The largest absolute Gasteiger partial charge is 0.481 e. The van der Waals surface area contributed by atoms with E-state index in [1.54, 1.807) is 12.0 Å². The van der Waals surface area contributed by atoms with Gasteiger partial charge in [0.25, 0.3) is 0 Å². The molecule has 0 bridgehead atoms. The van der Waals surface area contributed by atoms with Gasteiger partial charge in [-0.15, -0.1) is 0 Å². The first kappa shape index (κ1) is 15.9. The molecule has 5 nitrogen and oxygen atoms in total. The highest BCUT2D eigenvalue weighted by Gasteiger charge is 2.13. The average Bonchev–Trinajstić information content (AvgIpc) is 2.30. The number of hydrogen-bond acceptors (Lipinski definition) is 3. The molecule has 0 aliphatic heterocycles. The Hall–Kier alpha value is -1.10. The molecule has 0 aromatic rings. The number of ether oxygens (including phenoxy) is 1. The van der Waals surface area contributed by atoms with Crippen LogP contribution in [0.1, 0.15) is 39.0 Å². The van der Waals surface area contributed by atoms with Crippen molar-refractivity contribution in [3.05, 3.63) is 0 Å². The van der Waals surface area contributed by atoms with Crippen LogP contribution in [-0.4, -0.2) is 48.7 Å². The van der Waals surface area contributed by atoms with E-state index >= 15 is 0 Å². The van der Waals surface area contributed by atoms with Gasteiger partial charge in [-0.25, -0.2) is 0 Å². The summed E-state index contributed by atoms with van der Waals surface area (Å²) in [4.78, 5) is 23.9. The number of amides is 1. The lowest BCUT2D eigenvalue weighted by Crippen LogP contribution is -2.34. The molecule has 17 heavy (non-hydrogen) atoms. The molecule has 0 saturated heterocycles. The molecule has 0 aliphatic carbocycles. The molecule has 0 rings (SSSR count). The molecule has 0 aliphatic rings. The fourth-order valence-electron chi connectivity index (χ4n) is 1.48. The molecule has 5 heteroatoms. The second kappa shape index (κ2) is 10.1. The molecule has 0 unspecified atom stereocenters.